The summed E-state index contributed by atoms with van der Waals surface area (Å²) in [6.07, 6.45) is 1.20. The molecular formula is C12H24N4O. The summed E-state index contributed by atoms with van der Waals surface area (Å²) >= 11 is 0. The summed E-state index contributed by atoms with van der Waals surface area (Å²) in [5.41, 5.74) is 0. The molecule has 2 saturated heterocycles. The summed E-state index contributed by atoms with van der Waals surface area (Å²) in [6.45, 7) is 9.82. The van der Waals surface area contributed by atoms with Gasteiger partial charge in [-0.25, -0.2) is 0 Å². The largest absolute Gasteiger partial charge is 0.339 e. The fourth-order valence-electron chi connectivity index (χ4n) is 2.56. The predicted octanol–water partition coefficient (Wildman–Crippen LogP) is -0.898. The van der Waals surface area contributed by atoms with Crippen LogP contribution in [-0.4, -0.2) is 74.1 Å². The van der Waals surface area contributed by atoms with E-state index < -0.39 is 0 Å². The lowest BCUT2D eigenvalue weighted by molar-refractivity contribution is -0.135. The highest BCUT2D eigenvalue weighted by Gasteiger charge is 2.27. The van der Waals surface area contributed by atoms with E-state index in [2.05, 4.69) is 22.5 Å². The van der Waals surface area contributed by atoms with Gasteiger partial charge in [-0.3, -0.25) is 9.69 Å². The van der Waals surface area contributed by atoms with Crippen molar-refractivity contribution in [2.75, 3.05) is 52.4 Å². The summed E-state index contributed by atoms with van der Waals surface area (Å²) in [6, 6.07) is -0.0125. The van der Waals surface area contributed by atoms with Crippen LogP contribution in [0.2, 0.25) is 0 Å². The molecule has 1 atom stereocenters. The van der Waals surface area contributed by atoms with Crippen LogP contribution >= 0.6 is 0 Å². The first-order chi connectivity index (χ1) is 8.31. The second-order valence-corrected chi connectivity index (χ2v) is 4.88. The highest BCUT2D eigenvalue weighted by Crippen LogP contribution is 2.05. The van der Waals surface area contributed by atoms with Gasteiger partial charge in [0.15, 0.2) is 0 Å². The third kappa shape index (κ3) is 3.40. The van der Waals surface area contributed by atoms with Crippen LogP contribution in [0.15, 0.2) is 0 Å². The molecule has 98 valence electrons. The van der Waals surface area contributed by atoms with E-state index in [9.17, 15) is 4.79 Å². The molecule has 0 aromatic rings. The van der Waals surface area contributed by atoms with E-state index in [1.54, 1.807) is 0 Å². The number of carbonyl (C=O) groups excluding carboxylic acids is 1. The topological polar surface area (TPSA) is 47.6 Å². The lowest BCUT2D eigenvalue weighted by Crippen LogP contribution is -2.59. The Morgan fingerprint density at radius 1 is 1.24 bits per heavy atom. The van der Waals surface area contributed by atoms with Gasteiger partial charge in [-0.05, 0) is 13.0 Å². The maximum atomic E-state index is 12.2. The molecule has 5 heteroatoms. The van der Waals surface area contributed by atoms with Crippen molar-refractivity contribution in [3.05, 3.63) is 0 Å². The van der Waals surface area contributed by atoms with Crippen LogP contribution < -0.4 is 10.6 Å². The van der Waals surface area contributed by atoms with E-state index in [4.69, 9.17) is 0 Å². The zero-order valence-corrected chi connectivity index (χ0v) is 10.7. The minimum Gasteiger partial charge on any atom is -0.339 e. The quantitative estimate of drug-likeness (QED) is 0.671. The van der Waals surface area contributed by atoms with Crippen molar-refractivity contribution < 1.29 is 4.79 Å². The number of carbonyl (C=O) groups is 1. The lowest BCUT2D eigenvalue weighted by atomic mass is 10.2. The average molecular weight is 240 g/mol. The highest BCUT2D eigenvalue weighted by atomic mass is 16.2. The molecule has 0 spiro atoms. The fourth-order valence-corrected chi connectivity index (χ4v) is 2.56. The van der Waals surface area contributed by atoms with Crippen LogP contribution in [0, 0.1) is 0 Å². The molecule has 2 aliphatic rings. The molecule has 0 radical (unpaired) electrons. The molecule has 2 aliphatic heterocycles. The van der Waals surface area contributed by atoms with Crippen molar-refractivity contribution in [3.8, 4) is 0 Å². The van der Waals surface area contributed by atoms with Gasteiger partial charge in [-0.2, -0.15) is 0 Å². The van der Waals surface area contributed by atoms with Crippen LogP contribution in [-0.2, 0) is 4.79 Å². The lowest BCUT2D eigenvalue weighted by Gasteiger charge is -2.37. The van der Waals surface area contributed by atoms with Gasteiger partial charge in [-0.1, -0.05) is 6.92 Å². The number of rotatable bonds is 3. The van der Waals surface area contributed by atoms with Crippen LogP contribution in [0.4, 0.5) is 0 Å². The maximum Gasteiger partial charge on any atom is 0.241 e. The van der Waals surface area contributed by atoms with Gasteiger partial charge in [0.2, 0.25) is 5.91 Å². The Kier molecular flexibility index (Phi) is 4.76. The van der Waals surface area contributed by atoms with Gasteiger partial charge in [-0.15, -0.1) is 0 Å². The Labute approximate surface area is 104 Å². The normalized spacial score (nSPS) is 27.1. The van der Waals surface area contributed by atoms with Crippen molar-refractivity contribution in [1.82, 2.24) is 20.4 Å². The van der Waals surface area contributed by atoms with Crippen molar-refractivity contribution in [1.29, 1.82) is 0 Å². The molecule has 0 aromatic heterocycles. The fraction of sp³-hybridized carbons (Fsp3) is 0.917. The van der Waals surface area contributed by atoms with E-state index in [1.165, 1.54) is 6.42 Å². The first-order valence-electron chi connectivity index (χ1n) is 6.76. The number of nitrogens with zero attached hydrogens (tertiary/aromatic N) is 2. The second kappa shape index (κ2) is 6.33. The molecule has 2 rings (SSSR count). The molecule has 1 unspecified atom stereocenters. The molecule has 2 fully saturated rings. The zero-order valence-electron chi connectivity index (χ0n) is 10.7. The molecule has 0 aliphatic carbocycles. The Hall–Kier alpha value is -0.650. The van der Waals surface area contributed by atoms with Crippen LogP contribution in [0.5, 0.6) is 0 Å². The number of piperazine rings is 2. The Morgan fingerprint density at radius 2 is 2.00 bits per heavy atom. The van der Waals surface area contributed by atoms with Crippen molar-refractivity contribution in [3.63, 3.8) is 0 Å². The predicted molar refractivity (Wildman–Crippen MR) is 68.0 cm³/mol. The second-order valence-electron chi connectivity index (χ2n) is 4.88. The standard InChI is InChI=1S/C12H24N4O/c1-2-5-15-6-8-16(9-7-15)12(17)11-10-13-3-4-14-11/h11,13-14H,2-10H2,1H3. The summed E-state index contributed by atoms with van der Waals surface area (Å²) < 4.78 is 0. The smallest absolute Gasteiger partial charge is 0.241 e. The van der Waals surface area contributed by atoms with Crippen molar-refractivity contribution in [2.24, 2.45) is 0 Å². The van der Waals surface area contributed by atoms with E-state index in [0.29, 0.717) is 0 Å². The zero-order chi connectivity index (χ0) is 12.1. The minimum atomic E-state index is -0.0125. The minimum absolute atomic E-state index is 0.0125. The molecule has 2 heterocycles. The summed E-state index contributed by atoms with van der Waals surface area (Å²) in [5.74, 6) is 0.272. The van der Waals surface area contributed by atoms with E-state index in [0.717, 1.165) is 52.4 Å². The van der Waals surface area contributed by atoms with E-state index in [-0.39, 0.29) is 11.9 Å². The highest BCUT2D eigenvalue weighted by molar-refractivity contribution is 5.82. The number of nitrogens with one attached hydrogen (secondary N) is 2. The van der Waals surface area contributed by atoms with Crippen LogP contribution in [0.25, 0.3) is 0 Å². The molecule has 2 N–H and O–H groups in total. The van der Waals surface area contributed by atoms with E-state index >= 15 is 0 Å². The summed E-state index contributed by atoms with van der Waals surface area (Å²) in [4.78, 5) is 16.7. The average Bonchev–Trinajstić information content (AvgIpc) is 2.40. The van der Waals surface area contributed by atoms with Gasteiger partial charge < -0.3 is 15.5 Å². The Balaban J connectivity index is 1.77. The number of amides is 1. The number of hydrogen-bond acceptors (Lipinski definition) is 4. The van der Waals surface area contributed by atoms with E-state index in [1.807, 2.05) is 4.90 Å². The number of hydrogen-bond donors (Lipinski definition) is 2. The van der Waals surface area contributed by atoms with Crippen LogP contribution in [0.3, 0.4) is 0 Å². The van der Waals surface area contributed by atoms with Gasteiger partial charge in [0, 0.05) is 45.8 Å². The van der Waals surface area contributed by atoms with Crippen molar-refractivity contribution >= 4 is 5.91 Å². The molecule has 17 heavy (non-hydrogen) atoms. The molecule has 0 saturated carbocycles. The Morgan fingerprint density at radius 3 is 2.59 bits per heavy atom. The Bertz CT molecular complexity index is 245. The third-order valence-corrected chi connectivity index (χ3v) is 3.56. The summed E-state index contributed by atoms with van der Waals surface area (Å²) in [5, 5.41) is 6.55. The maximum absolute atomic E-state index is 12.2. The molecular weight excluding hydrogens is 216 g/mol. The van der Waals surface area contributed by atoms with Gasteiger partial charge in [0.25, 0.3) is 0 Å². The monoisotopic (exact) mass is 240 g/mol. The molecule has 0 aromatic carbocycles. The van der Waals surface area contributed by atoms with Crippen LogP contribution in [0.1, 0.15) is 13.3 Å². The molecule has 0 bridgehead atoms. The van der Waals surface area contributed by atoms with Gasteiger partial charge in [0.05, 0.1) is 6.04 Å². The SMILES string of the molecule is CCCN1CCN(C(=O)C2CNCCN2)CC1. The first kappa shape index (κ1) is 12.8. The van der Waals surface area contributed by atoms with Gasteiger partial charge >= 0.3 is 0 Å². The van der Waals surface area contributed by atoms with Crippen molar-refractivity contribution in [2.45, 2.75) is 19.4 Å². The molecule has 5 nitrogen and oxygen atoms in total. The molecule has 1 amide bonds. The third-order valence-electron chi connectivity index (χ3n) is 3.56. The van der Waals surface area contributed by atoms with Gasteiger partial charge in [0.1, 0.15) is 0 Å². The summed E-state index contributed by atoms with van der Waals surface area (Å²) in [7, 11) is 0. The first-order valence-corrected chi connectivity index (χ1v) is 6.76.